The average Bonchev–Trinajstić information content (AvgIpc) is 2.91. The molecule has 0 spiro atoms. The molecule has 0 bridgehead atoms. The van der Waals surface area contributed by atoms with E-state index in [1.807, 2.05) is 32.9 Å². The number of hydrogen-bond acceptors (Lipinski definition) is 5. The van der Waals surface area contributed by atoms with E-state index in [0.717, 1.165) is 29.5 Å². The number of amides is 1. The van der Waals surface area contributed by atoms with Gasteiger partial charge in [0.1, 0.15) is 5.52 Å². The van der Waals surface area contributed by atoms with Crippen molar-refractivity contribution in [1.29, 1.82) is 0 Å². The summed E-state index contributed by atoms with van der Waals surface area (Å²) in [7, 11) is 0. The average molecular weight is 329 g/mol. The molecule has 1 N–H and O–H groups in total. The SMILES string of the molecule is CCN(CC)C(=O)CSc1nnc2c(n1)[nH]c1ccc(C)cc12. The summed E-state index contributed by atoms with van der Waals surface area (Å²) in [6, 6.07) is 6.13. The molecule has 0 aliphatic rings. The summed E-state index contributed by atoms with van der Waals surface area (Å²) in [5.74, 6) is 0.421. The summed E-state index contributed by atoms with van der Waals surface area (Å²) in [6.07, 6.45) is 0. The maximum atomic E-state index is 12.0. The van der Waals surface area contributed by atoms with Crippen LogP contribution in [0, 0.1) is 6.92 Å². The zero-order valence-corrected chi connectivity index (χ0v) is 14.3. The highest BCUT2D eigenvalue weighted by molar-refractivity contribution is 7.99. The number of rotatable bonds is 5. The third-order valence-corrected chi connectivity index (χ3v) is 4.61. The van der Waals surface area contributed by atoms with E-state index in [4.69, 9.17) is 0 Å². The quantitative estimate of drug-likeness (QED) is 0.729. The van der Waals surface area contributed by atoms with E-state index in [-0.39, 0.29) is 5.91 Å². The third kappa shape index (κ3) is 3.14. The van der Waals surface area contributed by atoms with E-state index in [9.17, 15) is 4.79 Å². The Bertz CT molecular complexity index is 856. The number of hydrogen-bond donors (Lipinski definition) is 1. The van der Waals surface area contributed by atoms with Crippen molar-refractivity contribution in [3.05, 3.63) is 23.8 Å². The predicted octanol–water partition coefficient (Wildman–Crippen LogP) is 2.78. The molecule has 0 unspecified atom stereocenters. The Morgan fingerprint density at radius 2 is 2.04 bits per heavy atom. The zero-order chi connectivity index (χ0) is 16.4. The fourth-order valence-corrected chi connectivity index (χ4v) is 3.21. The molecule has 0 saturated carbocycles. The van der Waals surface area contributed by atoms with Crippen LogP contribution in [0.15, 0.2) is 23.4 Å². The van der Waals surface area contributed by atoms with Crippen LogP contribution in [0.5, 0.6) is 0 Å². The number of aryl methyl sites for hydroxylation is 1. The molecule has 0 atom stereocenters. The Labute approximate surface area is 138 Å². The van der Waals surface area contributed by atoms with Crippen LogP contribution >= 0.6 is 11.8 Å². The van der Waals surface area contributed by atoms with E-state index < -0.39 is 0 Å². The molecular formula is C16H19N5OS. The summed E-state index contributed by atoms with van der Waals surface area (Å²) in [5.41, 5.74) is 3.64. The van der Waals surface area contributed by atoms with Gasteiger partial charge in [0.05, 0.1) is 5.75 Å². The van der Waals surface area contributed by atoms with Gasteiger partial charge in [-0.05, 0) is 32.9 Å². The Morgan fingerprint density at radius 3 is 2.78 bits per heavy atom. The van der Waals surface area contributed by atoms with E-state index in [0.29, 0.717) is 16.6 Å². The van der Waals surface area contributed by atoms with Crippen molar-refractivity contribution in [3.63, 3.8) is 0 Å². The van der Waals surface area contributed by atoms with Crippen molar-refractivity contribution in [3.8, 4) is 0 Å². The number of aromatic amines is 1. The van der Waals surface area contributed by atoms with Gasteiger partial charge in [0.2, 0.25) is 11.1 Å². The summed E-state index contributed by atoms with van der Waals surface area (Å²) in [6.45, 7) is 7.43. The van der Waals surface area contributed by atoms with Crippen molar-refractivity contribution in [2.75, 3.05) is 18.8 Å². The smallest absolute Gasteiger partial charge is 0.233 e. The highest BCUT2D eigenvalue weighted by Gasteiger charge is 2.13. The van der Waals surface area contributed by atoms with Crippen molar-refractivity contribution in [1.82, 2.24) is 25.1 Å². The lowest BCUT2D eigenvalue weighted by Gasteiger charge is -2.17. The van der Waals surface area contributed by atoms with E-state index in [1.54, 1.807) is 4.90 Å². The number of nitrogens with zero attached hydrogens (tertiary/aromatic N) is 4. The van der Waals surface area contributed by atoms with Crippen LogP contribution in [-0.4, -0.2) is 49.8 Å². The van der Waals surface area contributed by atoms with Gasteiger partial charge in [0.15, 0.2) is 5.65 Å². The van der Waals surface area contributed by atoms with Crippen LogP contribution in [0.3, 0.4) is 0 Å². The molecule has 23 heavy (non-hydrogen) atoms. The lowest BCUT2D eigenvalue weighted by atomic mass is 10.2. The van der Waals surface area contributed by atoms with E-state index >= 15 is 0 Å². The van der Waals surface area contributed by atoms with Gasteiger partial charge in [-0.25, -0.2) is 4.98 Å². The number of aromatic nitrogens is 4. The van der Waals surface area contributed by atoms with Gasteiger partial charge in [0.25, 0.3) is 0 Å². The molecule has 3 aromatic rings. The molecule has 2 aromatic heterocycles. The number of nitrogens with one attached hydrogen (secondary N) is 1. The minimum atomic E-state index is 0.0935. The fraction of sp³-hybridized carbons (Fsp3) is 0.375. The van der Waals surface area contributed by atoms with Gasteiger partial charge in [-0.15, -0.1) is 10.2 Å². The standard InChI is InChI=1S/C16H19N5OS/c1-4-21(5-2)13(22)9-23-16-18-15-14(19-20-16)11-8-10(3)6-7-12(11)17-15/h6-8H,4-5,9H2,1-3H3,(H,17,18,20). The van der Waals surface area contributed by atoms with Gasteiger partial charge in [-0.3, -0.25) is 4.79 Å². The Hall–Kier alpha value is -2.15. The van der Waals surface area contributed by atoms with Gasteiger partial charge in [-0.1, -0.05) is 23.4 Å². The molecule has 3 rings (SSSR count). The predicted molar refractivity (Wildman–Crippen MR) is 92.6 cm³/mol. The molecule has 120 valence electrons. The van der Waals surface area contributed by atoms with Crippen LogP contribution in [0.25, 0.3) is 22.1 Å². The highest BCUT2D eigenvalue weighted by Crippen LogP contribution is 2.24. The minimum Gasteiger partial charge on any atom is -0.343 e. The first-order valence-corrected chi connectivity index (χ1v) is 8.64. The summed E-state index contributed by atoms with van der Waals surface area (Å²) >= 11 is 1.32. The van der Waals surface area contributed by atoms with Crippen molar-refractivity contribution in [2.24, 2.45) is 0 Å². The number of benzene rings is 1. The third-order valence-electron chi connectivity index (χ3n) is 3.79. The number of fused-ring (bicyclic) bond motifs is 3. The maximum absolute atomic E-state index is 12.0. The lowest BCUT2D eigenvalue weighted by Crippen LogP contribution is -2.31. The highest BCUT2D eigenvalue weighted by atomic mass is 32.2. The normalized spacial score (nSPS) is 11.3. The van der Waals surface area contributed by atoms with Gasteiger partial charge in [0, 0.05) is 24.0 Å². The second-order valence-corrected chi connectivity index (χ2v) is 6.26. The van der Waals surface area contributed by atoms with Gasteiger partial charge < -0.3 is 9.88 Å². The Morgan fingerprint density at radius 1 is 1.26 bits per heavy atom. The van der Waals surface area contributed by atoms with Gasteiger partial charge >= 0.3 is 0 Å². The lowest BCUT2D eigenvalue weighted by molar-refractivity contribution is -0.127. The molecular weight excluding hydrogens is 310 g/mol. The molecule has 1 aromatic carbocycles. The van der Waals surface area contributed by atoms with E-state index in [1.165, 1.54) is 17.3 Å². The molecule has 2 heterocycles. The molecule has 6 nitrogen and oxygen atoms in total. The molecule has 7 heteroatoms. The van der Waals surface area contributed by atoms with Crippen LogP contribution < -0.4 is 0 Å². The van der Waals surface area contributed by atoms with Crippen LogP contribution in [-0.2, 0) is 4.79 Å². The van der Waals surface area contributed by atoms with Gasteiger partial charge in [-0.2, -0.15) is 0 Å². The molecule has 0 saturated heterocycles. The number of H-pyrrole nitrogens is 1. The van der Waals surface area contributed by atoms with Crippen molar-refractivity contribution in [2.45, 2.75) is 25.9 Å². The van der Waals surface area contributed by atoms with Crippen LogP contribution in [0.2, 0.25) is 0 Å². The summed E-state index contributed by atoms with van der Waals surface area (Å²) < 4.78 is 0. The van der Waals surface area contributed by atoms with Crippen molar-refractivity contribution >= 4 is 39.7 Å². The number of thioether (sulfide) groups is 1. The Balaban J connectivity index is 1.83. The molecule has 1 amide bonds. The second kappa shape index (κ2) is 6.54. The number of carbonyl (C=O) groups is 1. The zero-order valence-electron chi connectivity index (χ0n) is 13.5. The van der Waals surface area contributed by atoms with Crippen LogP contribution in [0.4, 0.5) is 0 Å². The van der Waals surface area contributed by atoms with Crippen molar-refractivity contribution < 1.29 is 4.79 Å². The van der Waals surface area contributed by atoms with E-state index in [2.05, 4.69) is 26.2 Å². The Kier molecular flexibility index (Phi) is 4.47. The maximum Gasteiger partial charge on any atom is 0.233 e. The molecule has 0 aliphatic heterocycles. The topological polar surface area (TPSA) is 74.8 Å². The monoisotopic (exact) mass is 329 g/mol. The first-order valence-electron chi connectivity index (χ1n) is 7.65. The second-order valence-electron chi connectivity index (χ2n) is 5.32. The first-order chi connectivity index (χ1) is 11.1. The first kappa shape index (κ1) is 15.7. The summed E-state index contributed by atoms with van der Waals surface area (Å²) in [5, 5.41) is 9.98. The van der Waals surface area contributed by atoms with Crippen LogP contribution in [0.1, 0.15) is 19.4 Å². The fourth-order valence-electron chi connectivity index (χ4n) is 2.53. The summed E-state index contributed by atoms with van der Waals surface area (Å²) in [4.78, 5) is 21.6. The molecule has 0 aliphatic carbocycles. The minimum absolute atomic E-state index is 0.0935. The molecule has 0 radical (unpaired) electrons. The number of carbonyl (C=O) groups excluding carboxylic acids is 1. The largest absolute Gasteiger partial charge is 0.343 e. The molecule has 0 fully saturated rings.